The molecule has 0 aliphatic heterocycles. The summed E-state index contributed by atoms with van der Waals surface area (Å²) in [6.45, 7) is 0. The molecule has 0 aromatic heterocycles. The van der Waals surface area contributed by atoms with E-state index in [1.54, 1.807) is 30.3 Å². The fraction of sp³-hybridized carbons (Fsp3) is 0.333. The molecule has 0 amide bonds. The SMILES string of the molecule is OC1(Cl)C=CC(Cl)(Cl)C(Cl)(Cl)C1(Cl)c1ccccc1. The summed E-state index contributed by atoms with van der Waals surface area (Å²) in [5.41, 5.74) is 0.397. The minimum atomic E-state index is -2.05. The fourth-order valence-corrected chi connectivity index (χ4v) is 3.82. The van der Waals surface area contributed by atoms with Gasteiger partial charge in [-0.25, -0.2) is 0 Å². The van der Waals surface area contributed by atoms with Gasteiger partial charge < -0.3 is 5.11 Å². The predicted molar refractivity (Wildman–Crippen MR) is 82.8 cm³/mol. The highest BCUT2D eigenvalue weighted by atomic mass is 35.5. The Balaban J connectivity index is 2.74. The van der Waals surface area contributed by atoms with Crippen LogP contribution in [0.1, 0.15) is 5.56 Å². The van der Waals surface area contributed by atoms with E-state index in [2.05, 4.69) is 0 Å². The van der Waals surface area contributed by atoms with Crippen LogP contribution in [0.5, 0.6) is 0 Å². The fourth-order valence-electron chi connectivity index (χ4n) is 1.94. The molecule has 0 bridgehead atoms. The lowest BCUT2D eigenvalue weighted by molar-refractivity contribution is 0.108. The Morgan fingerprint density at radius 1 is 0.789 bits per heavy atom. The Kier molecular flexibility index (Phi) is 4.09. The molecule has 2 rings (SSSR count). The largest absolute Gasteiger partial charge is 0.370 e. The van der Waals surface area contributed by atoms with Crippen LogP contribution >= 0.6 is 69.6 Å². The molecule has 2 atom stereocenters. The number of aliphatic hydroxyl groups is 1. The quantitative estimate of drug-likeness (QED) is 0.539. The minimum absolute atomic E-state index is 0.397. The Hall–Kier alpha value is 0.660. The van der Waals surface area contributed by atoms with Gasteiger partial charge in [0.2, 0.25) is 0 Å². The first-order chi connectivity index (χ1) is 8.56. The summed E-state index contributed by atoms with van der Waals surface area (Å²) in [5, 5.41) is 8.33. The van der Waals surface area contributed by atoms with Crippen molar-refractivity contribution in [2.24, 2.45) is 0 Å². The van der Waals surface area contributed by atoms with Crippen molar-refractivity contribution in [3.63, 3.8) is 0 Å². The van der Waals surface area contributed by atoms with Crippen LogP contribution in [-0.2, 0) is 4.87 Å². The molecule has 7 heteroatoms. The molecule has 1 aromatic carbocycles. The van der Waals surface area contributed by atoms with Crippen LogP contribution in [0.2, 0.25) is 0 Å². The second kappa shape index (κ2) is 4.84. The molecule has 104 valence electrons. The van der Waals surface area contributed by atoms with Crippen LogP contribution in [0.15, 0.2) is 42.5 Å². The van der Waals surface area contributed by atoms with Crippen molar-refractivity contribution < 1.29 is 5.11 Å². The maximum atomic E-state index is 10.4. The lowest BCUT2D eigenvalue weighted by Crippen LogP contribution is -2.62. The van der Waals surface area contributed by atoms with E-state index < -0.39 is 18.6 Å². The molecular formula is C12H8Cl6O. The van der Waals surface area contributed by atoms with Gasteiger partial charge >= 0.3 is 0 Å². The third-order valence-corrected chi connectivity index (χ3v) is 6.88. The average Bonchev–Trinajstić information content (AvgIpc) is 2.35. The number of hydrogen-bond acceptors (Lipinski definition) is 1. The normalized spacial score (nSPS) is 36.2. The van der Waals surface area contributed by atoms with Crippen LogP contribution < -0.4 is 0 Å². The first kappa shape index (κ1) is 16.0. The molecule has 19 heavy (non-hydrogen) atoms. The number of allylic oxidation sites excluding steroid dienone is 1. The van der Waals surface area contributed by atoms with Gasteiger partial charge in [-0.3, -0.25) is 0 Å². The molecule has 0 spiro atoms. The summed E-state index contributed by atoms with van der Waals surface area (Å²) < 4.78 is -3.67. The summed E-state index contributed by atoms with van der Waals surface area (Å²) >= 11 is 37.3. The van der Waals surface area contributed by atoms with Gasteiger partial charge in [-0.15, -0.1) is 11.6 Å². The number of hydrogen-bond donors (Lipinski definition) is 1. The van der Waals surface area contributed by atoms with Crippen LogP contribution in [0.3, 0.4) is 0 Å². The third-order valence-electron chi connectivity index (χ3n) is 3.02. The average molecular weight is 381 g/mol. The van der Waals surface area contributed by atoms with Gasteiger partial charge in [0.15, 0.2) is 18.6 Å². The molecule has 0 radical (unpaired) electrons. The molecule has 0 saturated heterocycles. The van der Waals surface area contributed by atoms with Gasteiger partial charge in [0.05, 0.1) is 0 Å². The standard InChI is InChI=1S/C12H8Cl6O/c13-9(14)6-7-10(15,19)11(16,12(9,17)18)8-4-2-1-3-5-8/h1-7,19H. The maximum absolute atomic E-state index is 10.4. The van der Waals surface area contributed by atoms with E-state index >= 15 is 0 Å². The van der Waals surface area contributed by atoms with Crippen molar-refractivity contribution in [3.05, 3.63) is 48.0 Å². The van der Waals surface area contributed by atoms with E-state index in [0.717, 1.165) is 0 Å². The molecule has 2 unspecified atom stereocenters. The smallest absolute Gasteiger partial charge is 0.184 e. The highest BCUT2D eigenvalue weighted by Gasteiger charge is 2.70. The lowest BCUT2D eigenvalue weighted by Gasteiger charge is -2.51. The molecule has 1 nitrogen and oxygen atoms in total. The van der Waals surface area contributed by atoms with Crippen molar-refractivity contribution in [3.8, 4) is 0 Å². The highest BCUT2D eigenvalue weighted by Crippen LogP contribution is 2.65. The van der Waals surface area contributed by atoms with Gasteiger partial charge in [-0.2, -0.15) is 0 Å². The van der Waals surface area contributed by atoms with Gasteiger partial charge in [-0.05, 0) is 17.7 Å². The third kappa shape index (κ3) is 2.19. The topological polar surface area (TPSA) is 20.2 Å². The molecule has 0 fully saturated rings. The maximum Gasteiger partial charge on any atom is 0.184 e. The zero-order chi connectivity index (χ0) is 14.5. The van der Waals surface area contributed by atoms with Crippen LogP contribution in [0.25, 0.3) is 0 Å². The molecular weight excluding hydrogens is 373 g/mol. The second-order valence-corrected chi connectivity index (χ2v) is 8.08. The minimum Gasteiger partial charge on any atom is -0.370 e. The molecule has 1 aliphatic carbocycles. The molecule has 1 aromatic rings. The lowest BCUT2D eigenvalue weighted by atomic mass is 9.82. The van der Waals surface area contributed by atoms with Crippen molar-refractivity contribution in [2.75, 3.05) is 0 Å². The highest BCUT2D eigenvalue weighted by molar-refractivity contribution is 6.66. The number of benzene rings is 1. The summed E-state index contributed by atoms with van der Waals surface area (Å²) in [6.07, 6.45) is 2.39. The van der Waals surface area contributed by atoms with Gasteiger partial charge in [-0.1, -0.05) is 88.3 Å². The Morgan fingerprint density at radius 3 is 1.84 bits per heavy atom. The van der Waals surface area contributed by atoms with Crippen molar-refractivity contribution >= 4 is 69.6 Å². The number of halogens is 6. The molecule has 1 N–H and O–H groups in total. The predicted octanol–water partition coefficient (Wildman–Crippen LogP) is 4.97. The second-order valence-electron chi connectivity index (χ2n) is 4.23. The van der Waals surface area contributed by atoms with E-state index in [4.69, 9.17) is 69.6 Å². The summed E-state index contributed by atoms with van der Waals surface area (Å²) in [5.74, 6) is 0. The Morgan fingerprint density at radius 2 is 1.32 bits per heavy atom. The van der Waals surface area contributed by atoms with E-state index in [1.807, 2.05) is 0 Å². The molecule has 0 heterocycles. The zero-order valence-corrected chi connectivity index (χ0v) is 13.8. The Labute approximate surface area is 141 Å². The first-order valence-corrected chi connectivity index (χ1v) is 7.45. The van der Waals surface area contributed by atoms with Crippen LogP contribution in [-0.4, -0.2) is 18.8 Å². The van der Waals surface area contributed by atoms with Crippen LogP contribution in [0.4, 0.5) is 0 Å². The van der Waals surface area contributed by atoms with E-state index in [9.17, 15) is 5.11 Å². The van der Waals surface area contributed by atoms with Crippen molar-refractivity contribution in [2.45, 2.75) is 18.6 Å². The summed E-state index contributed by atoms with van der Waals surface area (Å²) in [7, 11) is 0. The van der Waals surface area contributed by atoms with Gasteiger partial charge in [0, 0.05) is 0 Å². The van der Waals surface area contributed by atoms with E-state index in [1.165, 1.54) is 12.2 Å². The molecule has 1 aliphatic rings. The molecule has 0 saturated carbocycles. The summed E-state index contributed by atoms with van der Waals surface area (Å²) in [6, 6.07) is 8.44. The summed E-state index contributed by atoms with van der Waals surface area (Å²) in [4.78, 5) is -1.83. The van der Waals surface area contributed by atoms with E-state index in [-0.39, 0.29) is 0 Å². The van der Waals surface area contributed by atoms with E-state index in [0.29, 0.717) is 5.56 Å². The first-order valence-electron chi connectivity index (χ1n) is 5.18. The van der Waals surface area contributed by atoms with Gasteiger partial charge in [0.1, 0.15) is 0 Å². The van der Waals surface area contributed by atoms with Crippen molar-refractivity contribution in [1.82, 2.24) is 0 Å². The van der Waals surface area contributed by atoms with Gasteiger partial charge in [0.25, 0.3) is 0 Å². The monoisotopic (exact) mass is 378 g/mol. The van der Waals surface area contributed by atoms with Crippen LogP contribution in [0, 0.1) is 0 Å². The zero-order valence-electron chi connectivity index (χ0n) is 9.26. The van der Waals surface area contributed by atoms with Crippen molar-refractivity contribution in [1.29, 1.82) is 0 Å². The Bertz CT molecular complexity index is 510. The number of rotatable bonds is 1. The number of alkyl halides is 6.